The van der Waals surface area contributed by atoms with Crippen molar-refractivity contribution in [1.82, 2.24) is 10.2 Å². The largest absolute Gasteiger partial charge is 0.497 e. The van der Waals surface area contributed by atoms with Crippen LogP contribution in [-0.4, -0.2) is 43.0 Å². The summed E-state index contributed by atoms with van der Waals surface area (Å²) in [6.45, 7) is 3.29. The lowest BCUT2D eigenvalue weighted by Crippen LogP contribution is -2.49. The second-order valence-corrected chi connectivity index (χ2v) is 7.59. The number of halogens is 1. The zero-order valence-corrected chi connectivity index (χ0v) is 18.2. The van der Waals surface area contributed by atoms with E-state index in [4.69, 9.17) is 10.5 Å². The van der Waals surface area contributed by atoms with Crippen molar-refractivity contribution in [3.05, 3.63) is 65.7 Å². The van der Waals surface area contributed by atoms with Gasteiger partial charge in [-0.05, 0) is 55.5 Å². The van der Waals surface area contributed by atoms with Crippen molar-refractivity contribution in [2.75, 3.05) is 20.2 Å². The average molecular weight is 432 g/mol. The van der Waals surface area contributed by atoms with Crippen LogP contribution in [0.25, 0.3) is 0 Å². The Morgan fingerprint density at radius 1 is 1.13 bits per heavy atom. The van der Waals surface area contributed by atoms with Crippen LogP contribution in [-0.2, 0) is 4.79 Å². The van der Waals surface area contributed by atoms with Gasteiger partial charge in [0.25, 0.3) is 5.91 Å². The Morgan fingerprint density at radius 3 is 2.40 bits per heavy atom. The van der Waals surface area contributed by atoms with E-state index in [1.807, 2.05) is 42.2 Å². The Morgan fingerprint density at radius 2 is 1.80 bits per heavy atom. The van der Waals surface area contributed by atoms with Gasteiger partial charge in [0, 0.05) is 24.7 Å². The van der Waals surface area contributed by atoms with Gasteiger partial charge in [0.15, 0.2) is 0 Å². The molecular formula is C23H30ClN3O3. The average Bonchev–Trinajstić information content (AvgIpc) is 2.77. The smallest absolute Gasteiger partial charge is 0.252 e. The second kappa shape index (κ2) is 11.0. The molecule has 30 heavy (non-hydrogen) atoms. The summed E-state index contributed by atoms with van der Waals surface area (Å²) in [6, 6.07) is 15.5. The van der Waals surface area contributed by atoms with Crippen LogP contribution in [0.3, 0.4) is 0 Å². The van der Waals surface area contributed by atoms with E-state index in [2.05, 4.69) is 5.32 Å². The summed E-state index contributed by atoms with van der Waals surface area (Å²) in [5.41, 5.74) is 7.32. The highest BCUT2D eigenvalue weighted by atomic mass is 35.5. The molecule has 1 saturated heterocycles. The standard InChI is InChI=1S/C23H29N3O3.ClH/c1-16(24)19-9-6-14-26(15-19)23(28)21(17-7-4-3-5-8-17)25-22(27)18-10-12-20(29-2)13-11-18;/h3-5,7-8,10-13,16,19,21H,6,9,14-15,24H2,1-2H3,(H,25,27);1H. The van der Waals surface area contributed by atoms with Crippen LogP contribution in [0.1, 0.15) is 41.7 Å². The Bertz CT molecular complexity index is 827. The molecule has 7 heteroatoms. The lowest BCUT2D eigenvalue weighted by Gasteiger charge is -2.36. The van der Waals surface area contributed by atoms with Crippen LogP contribution in [0.2, 0.25) is 0 Å². The topological polar surface area (TPSA) is 84.7 Å². The minimum Gasteiger partial charge on any atom is -0.497 e. The predicted molar refractivity (Wildman–Crippen MR) is 120 cm³/mol. The molecule has 0 bridgehead atoms. The SMILES string of the molecule is COc1ccc(C(=O)NC(C(=O)N2CCCC(C(C)N)C2)c2ccccc2)cc1.Cl. The Labute approximate surface area is 184 Å². The quantitative estimate of drug-likeness (QED) is 0.735. The molecule has 3 atom stereocenters. The van der Waals surface area contributed by atoms with Gasteiger partial charge in [-0.15, -0.1) is 12.4 Å². The molecule has 0 spiro atoms. The molecule has 0 aromatic heterocycles. The first kappa shape index (κ1) is 23.7. The molecule has 162 valence electrons. The number of likely N-dealkylation sites (tertiary alicyclic amines) is 1. The minimum atomic E-state index is -0.738. The number of nitrogens with zero attached hydrogens (tertiary/aromatic N) is 1. The molecule has 0 saturated carbocycles. The van der Waals surface area contributed by atoms with Gasteiger partial charge < -0.3 is 20.7 Å². The van der Waals surface area contributed by atoms with E-state index in [0.717, 1.165) is 18.4 Å². The van der Waals surface area contributed by atoms with Crippen molar-refractivity contribution in [3.63, 3.8) is 0 Å². The van der Waals surface area contributed by atoms with E-state index in [1.54, 1.807) is 31.4 Å². The number of piperidine rings is 1. The van der Waals surface area contributed by atoms with E-state index in [1.165, 1.54) is 0 Å². The van der Waals surface area contributed by atoms with Crippen LogP contribution >= 0.6 is 12.4 Å². The van der Waals surface area contributed by atoms with Crippen LogP contribution in [0, 0.1) is 5.92 Å². The molecule has 2 amide bonds. The first-order valence-corrected chi connectivity index (χ1v) is 10.0. The number of benzene rings is 2. The van der Waals surface area contributed by atoms with Crippen molar-refractivity contribution < 1.29 is 14.3 Å². The van der Waals surface area contributed by atoms with Crippen molar-refractivity contribution in [2.24, 2.45) is 11.7 Å². The van der Waals surface area contributed by atoms with E-state index in [0.29, 0.717) is 24.4 Å². The number of nitrogens with one attached hydrogen (secondary N) is 1. The molecule has 2 aromatic rings. The second-order valence-electron chi connectivity index (χ2n) is 7.59. The van der Waals surface area contributed by atoms with Gasteiger partial charge in [-0.25, -0.2) is 0 Å². The van der Waals surface area contributed by atoms with Gasteiger partial charge >= 0.3 is 0 Å². The summed E-state index contributed by atoms with van der Waals surface area (Å²) < 4.78 is 5.14. The number of rotatable bonds is 6. The van der Waals surface area contributed by atoms with Gasteiger partial charge in [-0.3, -0.25) is 9.59 Å². The summed E-state index contributed by atoms with van der Waals surface area (Å²) in [7, 11) is 1.58. The van der Waals surface area contributed by atoms with E-state index in [-0.39, 0.29) is 36.2 Å². The van der Waals surface area contributed by atoms with Gasteiger partial charge in [0.2, 0.25) is 5.91 Å². The Kier molecular flexibility index (Phi) is 8.69. The van der Waals surface area contributed by atoms with Crippen molar-refractivity contribution >= 4 is 24.2 Å². The molecule has 3 unspecified atom stereocenters. The van der Waals surface area contributed by atoms with E-state index < -0.39 is 6.04 Å². The first-order chi connectivity index (χ1) is 14.0. The third-order valence-electron chi connectivity index (χ3n) is 5.52. The molecule has 1 heterocycles. The third-order valence-corrected chi connectivity index (χ3v) is 5.52. The zero-order chi connectivity index (χ0) is 20.8. The summed E-state index contributed by atoms with van der Waals surface area (Å²) >= 11 is 0. The summed E-state index contributed by atoms with van der Waals surface area (Å²) in [6.07, 6.45) is 1.95. The Balaban J connectivity index is 0.00000320. The lowest BCUT2D eigenvalue weighted by molar-refractivity contribution is -0.135. The highest BCUT2D eigenvalue weighted by Gasteiger charge is 2.32. The van der Waals surface area contributed by atoms with Crippen molar-refractivity contribution in [2.45, 2.75) is 31.8 Å². The summed E-state index contributed by atoms with van der Waals surface area (Å²) in [4.78, 5) is 28.1. The van der Waals surface area contributed by atoms with E-state index in [9.17, 15) is 9.59 Å². The van der Waals surface area contributed by atoms with Gasteiger partial charge in [-0.2, -0.15) is 0 Å². The third kappa shape index (κ3) is 5.74. The fourth-order valence-corrected chi connectivity index (χ4v) is 3.71. The van der Waals surface area contributed by atoms with E-state index >= 15 is 0 Å². The number of hydrogen-bond donors (Lipinski definition) is 2. The molecule has 2 aromatic carbocycles. The van der Waals surface area contributed by atoms with Crippen LogP contribution in [0.4, 0.5) is 0 Å². The number of carbonyl (C=O) groups excluding carboxylic acids is 2. The van der Waals surface area contributed by atoms with Gasteiger partial charge in [-0.1, -0.05) is 30.3 Å². The first-order valence-electron chi connectivity index (χ1n) is 10.0. The lowest BCUT2D eigenvalue weighted by atomic mass is 9.91. The zero-order valence-electron chi connectivity index (χ0n) is 17.4. The summed E-state index contributed by atoms with van der Waals surface area (Å²) in [5, 5.41) is 2.93. The molecule has 0 aliphatic carbocycles. The molecule has 1 aliphatic heterocycles. The molecule has 0 radical (unpaired) electrons. The highest BCUT2D eigenvalue weighted by Crippen LogP contribution is 2.24. The Hall–Kier alpha value is -2.57. The predicted octanol–water partition coefficient (Wildman–Crippen LogP) is 3.17. The fourth-order valence-electron chi connectivity index (χ4n) is 3.71. The normalized spacial score (nSPS) is 18.0. The summed E-state index contributed by atoms with van der Waals surface area (Å²) in [5.74, 6) is 0.563. The van der Waals surface area contributed by atoms with Crippen LogP contribution in [0.15, 0.2) is 54.6 Å². The molecule has 1 fully saturated rings. The monoisotopic (exact) mass is 431 g/mol. The van der Waals surface area contributed by atoms with Crippen LogP contribution < -0.4 is 15.8 Å². The fraction of sp³-hybridized carbons (Fsp3) is 0.391. The van der Waals surface area contributed by atoms with Crippen molar-refractivity contribution in [3.8, 4) is 5.75 Å². The highest BCUT2D eigenvalue weighted by molar-refractivity contribution is 5.98. The minimum absolute atomic E-state index is 0. The van der Waals surface area contributed by atoms with Crippen LogP contribution in [0.5, 0.6) is 5.75 Å². The number of amides is 2. The maximum absolute atomic E-state index is 13.4. The number of methoxy groups -OCH3 is 1. The molecule has 3 N–H and O–H groups in total. The number of ether oxygens (including phenoxy) is 1. The maximum atomic E-state index is 13.4. The number of nitrogens with two attached hydrogens (primary N) is 1. The number of carbonyl (C=O) groups is 2. The molecule has 6 nitrogen and oxygen atoms in total. The number of hydrogen-bond acceptors (Lipinski definition) is 4. The van der Waals surface area contributed by atoms with Gasteiger partial charge in [0.1, 0.15) is 11.8 Å². The molecule has 3 rings (SSSR count). The molecular weight excluding hydrogens is 402 g/mol. The van der Waals surface area contributed by atoms with Crippen molar-refractivity contribution in [1.29, 1.82) is 0 Å². The molecule has 1 aliphatic rings. The maximum Gasteiger partial charge on any atom is 0.252 e. The van der Waals surface area contributed by atoms with Gasteiger partial charge in [0.05, 0.1) is 7.11 Å².